The first kappa shape index (κ1) is 27.4. The van der Waals surface area contributed by atoms with E-state index in [9.17, 15) is 20.1 Å². The number of rotatable bonds is 5. The van der Waals surface area contributed by atoms with Crippen LogP contribution in [-0.2, 0) is 19.0 Å². The van der Waals surface area contributed by atoms with Crippen molar-refractivity contribution in [3.05, 3.63) is 0 Å². The molecule has 0 radical (unpaired) electrons. The van der Waals surface area contributed by atoms with Gasteiger partial charge in [-0.25, -0.2) is 0 Å². The van der Waals surface area contributed by atoms with Crippen LogP contribution in [0.5, 0.6) is 0 Å². The highest BCUT2D eigenvalue weighted by atomic mass is 16.8. The molecule has 2 aliphatic heterocycles. The largest absolute Gasteiger partial charge is 0.469 e. The zero-order chi connectivity index (χ0) is 27.9. The van der Waals surface area contributed by atoms with Crippen molar-refractivity contribution in [3.63, 3.8) is 0 Å². The lowest BCUT2D eigenvalue weighted by Crippen LogP contribution is -2.59. The summed E-state index contributed by atoms with van der Waals surface area (Å²) in [6, 6.07) is 0. The molecule has 2 spiro atoms. The second-order valence-corrected chi connectivity index (χ2v) is 15.8. The molecule has 2 bridgehead atoms. The van der Waals surface area contributed by atoms with Crippen LogP contribution in [0.2, 0.25) is 0 Å². The molecule has 0 aromatic carbocycles. The van der Waals surface area contributed by atoms with E-state index in [-0.39, 0.29) is 46.1 Å². The minimum Gasteiger partial charge on any atom is -0.469 e. The van der Waals surface area contributed by atoms with Gasteiger partial charge >= 0.3 is 5.97 Å². The lowest BCUT2D eigenvalue weighted by molar-refractivity contribution is -0.282. The Morgan fingerprint density at radius 1 is 1.05 bits per heavy atom. The van der Waals surface area contributed by atoms with E-state index >= 15 is 0 Å². The molecule has 12 unspecified atom stereocenters. The van der Waals surface area contributed by atoms with Crippen molar-refractivity contribution in [2.75, 3.05) is 7.11 Å². The Hall–Kier alpha value is -0.730. The molecular weight excluding hydrogens is 484 g/mol. The Morgan fingerprint density at radius 3 is 2.34 bits per heavy atom. The van der Waals surface area contributed by atoms with Gasteiger partial charge in [-0.15, -0.1) is 0 Å². The summed E-state index contributed by atoms with van der Waals surface area (Å²) in [4.78, 5) is 12.3. The Labute approximate surface area is 228 Å². The van der Waals surface area contributed by atoms with Crippen molar-refractivity contribution in [1.82, 2.24) is 0 Å². The Bertz CT molecular complexity index is 1010. The second kappa shape index (κ2) is 7.76. The van der Waals surface area contributed by atoms with Crippen molar-refractivity contribution in [2.24, 2.45) is 45.3 Å². The highest BCUT2D eigenvalue weighted by molar-refractivity contribution is 5.69. The maximum absolute atomic E-state index is 12.5. The number of aliphatic hydroxyl groups is 3. The maximum atomic E-state index is 12.5. The fourth-order valence-electron chi connectivity index (χ4n) is 12.0. The van der Waals surface area contributed by atoms with Gasteiger partial charge in [0.2, 0.25) is 0 Å². The summed E-state index contributed by atoms with van der Waals surface area (Å²) in [5, 5.41) is 34.8. The Kier molecular flexibility index (Phi) is 5.60. The molecule has 0 amide bonds. The molecule has 3 N–H and O–H groups in total. The molecule has 7 heteroatoms. The van der Waals surface area contributed by atoms with E-state index in [4.69, 9.17) is 14.2 Å². The van der Waals surface area contributed by atoms with Crippen molar-refractivity contribution < 1.29 is 34.3 Å². The predicted molar refractivity (Wildman–Crippen MR) is 141 cm³/mol. The molecular formula is C31H50O7. The van der Waals surface area contributed by atoms with E-state index in [1.165, 1.54) is 7.11 Å². The first-order chi connectivity index (χ1) is 17.4. The van der Waals surface area contributed by atoms with Gasteiger partial charge in [-0.05, 0) is 107 Å². The van der Waals surface area contributed by atoms with Crippen LogP contribution in [0.25, 0.3) is 0 Å². The molecule has 6 fully saturated rings. The first-order valence-corrected chi connectivity index (χ1v) is 15.0. The fourth-order valence-corrected chi connectivity index (χ4v) is 12.0. The Balaban J connectivity index is 1.43. The molecule has 6 rings (SSSR count). The third-order valence-electron chi connectivity index (χ3n) is 13.4. The maximum Gasteiger partial charge on any atom is 0.305 e. The van der Waals surface area contributed by atoms with Gasteiger partial charge < -0.3 is 29.5 Å². The van der Waals surface area contributed by atoms with Gasteiger partial charge in [0.25, 0.3) is 0 Å². The van der Waals surface area contributed by atoms with Crippen molar-refractivity contribution in [1.29, 1.82) is 0 Å². The molecule has 0 aromatic heterocycles. The summed E-state index contributed by atoms with van der Waals surface area (Å²) in [6.45, 7) is 14.3. The smallest absolute Gasteiger partial charge is 0.305 e. The van der Waals surface area contributed by atoms with Crippen molar-refractivity contribution in [3.8, 4) is 0 Å². The van der Waals surface area contributed by atoms with Gasteiger partial charge in [0, 0.05) is 17.8 Å². The third kappa shape index (κ3) is 3.01. The average Bonchev–Trinajstić information content (AvgIpc) is 3.34. The zero-order valence-corrected chi connectivity index (χ0v) is 24.7. The quantitative estimate of drug-likeness (QED) is 0.454. The number of carbonyl (C=O) groups is 1. The van der Waals surface area contributed by atoms with Crippen LogP contribution in [0.4, 0.5) is 0 Å². The number of hydrogen-bond donors (Lipinski definition) is 3. The molecule has 2 heterocycles. The predicted octanol–water partition coefficient (Wildman–Crippen LogP) is 4.20. The van der Waals surface area contributed by atoms with Gasteiger partial charge in [-0.2, -0.15) is 0 Å². The molecule has 6 aliphatic rings. The van der Waals surface area contributed by atoms with E-state index in [2.05, 4.69) is 20.8 Å². The van der Waals surface area contributed by atoms with Crippen LogP contribution in [-0.4, -0.2) is 63.7 Å². The van der Waals surface area contributed by atoms with E-state index in [1.807, 2.05) is 13.8 Å². The van der Waals surface area contributed by atoms with Crippen LogP contribution in [0.15, 0.2) is 0 Å². The number of hydrogen-bond acceptors (Lipinski definition) is 7. The third-order valence-corrected chi connectivity index (χ3v) is 13.4. The molecule has 2 saturated heterocycles. The van der Waals surface area contributed by atoms with Gasteiger partial charge in [-0.1, -0.05) is 20.8 Å². The van der Waals surface area contributed by atoms with Gasteiger partial charge in [0.05, 0.1) is 24.4 Å². The highest BCUT2D eigenvalue weighted by Gasteiger charge is 2.87. The number of esters is 1. The lowest BCUT2D eigenvalue weighted by atomic mass is 9.43. The fraction of sp³-hybridized carbons (Fsp3) is 0.968. The minimum absolute atomic E-state index is 0.0276. The monoisotopic (exact) mass is 534 g/mol. The molecule has 216 valence electrons. The summed E-state index contributed by atoms with van der Waals surface area (Å²) >= 11 is 0. The van der Waals surface area contributed by atoms with E-state index < -0.39 is 34.6 Å². The van der Waals surface area contributed by atoms with E-state index in [0.29, 0.717) is 18.8 Å². The average molecular weight is 535 g/mol. The summed E-state index contributed by atoms with van der Waals surface area (Å²) < 4.78 is 18.5. The zero-order valence-electron chi connectivity index (χ0n) is 24.7. The summed E-state index contributed by atoms with van der Waals surface area (Å²) in [6.07, 6.45) is 5.15. The van der Waals surface area contributed by atoms with Gasteiger partial charge in [-0.3, -0.25) is 4.79 Å². The Morgan fingerprint density at radius 2 is 1.74 bits per heavy atom. The van der Waals surface area contributed by atoms with Crippen LogP contribution >= 0.6 is 0 Å². The van der Waals surface area contributed by atoms with Gasteiger partial charge in [0.1, 0.15) is 12.2 Å². The van der Waals surface area contributed by atoms with Crippen LogP contribution in [0, 0.1) is 45.3 Å². The molecule has 0 aromatic rings. The van der Waals surface area contributed by atoms with Crippen molar-refractivity contribution >= 4 is 5.97 Å². The summed E-state index contributed by atoms with van der Waals surface area (Å²) in [5.41, 5.74) is -2.72. The summed E-state index contributed by atoms with van der Waals surface area (Å²) in [5.74, 6) is -0.637. The van der Waals surface area contributed by atoms with Crippen molar-refractivity contribution in [2.45, 2.75) is 135 Å². The topological polar surface area (TPSA) is 105 Å². The molecule has 4 saturated carbocycles. The molecule has 38 heavy (non-hydrogen) atoms. The standard InChI is InChI=1S/C31H50O7/c1-17-15-18-23(26(4,5)35)38-31(37-18)22(17)27(6)13-14-30-16-29(30,12-11-21(32)36-8)19(25(2,3)34)9-10-20(30)28(27,7)24(31)33/h17-20,22-24,33-35H,9-16H2,1-8H3. The normalized spacial score (nSPS) is 55.0. The second-order valence-electron chi connectivity index (χ2n) is 15.8. The van der Waals surface area contributed by atoms with Crippen LogP contribution < -0.4 is 0 Å². The molecule has 7 nitrogen and oxygen atoms in total. The molecule has 12 atom stereocenters. The van der Waals surface area contributed by atoms with E-state index in [0.717, 1.165) is 38.5 Å². The summed E-state index contributed by atoms with van der Waals surface area (Å²) in [7, 11) is 1.44. The molecule has 4 aliphatic carbocycles. The highest BCUT2D eigenvalue weighted by Crippen LogP contribution is 2.88. The van der Waals surface area contributed by atoms with Gasteiger partial charge in [0.15, 0.2) is 5.79 Å². The minimum atomic E-state index is -1.11. The van der Waals surface area contributed by atoms with E-state index in [1.54, 1.807) is 13.8 Å². The number of aliphatic hydroxyl groups excluding tert-OH is 1. The van der Waals surface area contributed by atoms with Crippen LogP contribution in [0.3, 0.4) is 0 Å². The SMILES string of the molecule is COC(=O)CCC12CC13CCC1(C)C4C(C)CC5OC4(OC5C(C)(C)O)C(O)C1(C)C3CCC2C(C)(C)O. The van der Waals surface area contributed by atoms with Crippen LogP contribution in [0.1, 0.15) is 99.8 Å². The number of methoxy groups -OCH3 is 1. The first-order valence-electron chi connectivity index (χ1n) is 15.0. The number of carbonyl (C=O) groups excluding carboxylic acids is 1. The number of ether oxygens (including phenoxy) is 3. The number of fused-ring (bicyclic) bond motifs is 4. The lowest BCUT2D eigenvalue weighted by Gasteiger charge is -2.61.